The van der Waals surface area contributed by atoms with Gasteiger partial charge in [-0.05, 0) is 31.2 Å². The minimum atomic E-state index is 0.446. The maximum Gasteiger partial charge on any atom is 0.244 e. The Kier molecular flexibility index (Phi) is 4.97. The summed E-state index contributed by atoms with van der Waals surface area (Å²) in [4.78, 5) is 9.33. The molecule has 0 radical (unpaired) electrons. The van der Waals surface area contributed by atoms with E-state index in [9.17, 15) is 0 Å². The van der Waals surface area contributed by atoms with Gasteiger partial charge in [-0.2, -0.15) is 5.10 Å². The number of fused-ring (bicyclic) bond motifs is 1. The highest BCUT2D eigenvalue weighted by atomic mass is 16.5. The SMILES string of the molecule is COc1ccccc1/C=N/Nc1nc(-c2ccccc2)c2cc(C)ccc2n1. The summed E-state index contributed by atoms with van der Waals surface area (Å²) >= 11 is 0. The van der Waals surface area contributed by atoms with E-state index in [0.717, 1.165) is 33.5 Å². The van der Waals surface area contributed by atoms with E-state index in [-0.39, 0.29) is 0 Å². The molecule has 1 N–H and O–H groups in total. The van der Waals surface area contributed by atoms with Crippen LogP contribution in [-0.2, 0) is 0 Å². The summed E-state index contributed by atoms with van der Waals surface area (Å²) in [6.45, 7) is 2.07. The molecule has 28 heavy (non-hydrogen) atoms. The highest BCUT2D eigenvalue weighted by Crippen LogP contribution is 2.28. The van der Waals surface area contributed by atoms with Gasteiger partial charge in [0.1, 0.15) is 5.75 Å². The molecule has 5 nitrogen and oxygen atoms in total. The molecule has 0 fully saturated rings. The van der Waals surface area contributed by atoms with Gasteiger partial charge in [-0.1, -0.05) is 54.1 Å². The largest absolute Gasteiger partial charge is 0.496 e. The van der Waals surface area contributed by atoms with Gasteiger partial charge < -0.3 is 4.74 Å². The molecule has 4 rings (SSSR count). The van der Waals surface area contributed by atoms with Crippen molar-refractivity contribution in [3.63, 3.8) is 0 Å². The Labute approximate surface area is 163 Å². The van der Waals surface area contributed by atoms with E-state index < -0.39 is 0 Å². The first-order valence-corrected chi connectivity index (χ1v) is 9.00. The highest BCUT2D eigenvalue weighted by molar-refractivity contribution is 5.93. The third-order valence-corrected chi connectivity index (χ3v) is 4.41. The molecule has 138 valence electrons. The van der Waals surface area contributed by atoms with E-state index in [4.69, 9.17) is 9.72 Å². The van der Waals surface area contributed by atoms with Crippen LogP contribution in [0.1, 0.15) is 11.1 Å². The van der Waals surface area contributed by atoms with Crippen molar-refractivity contribution in [2.45, 2.75) is 6.92 Å². The Bertz CT molecular complexity index is 1140. The Morgan fingerprint density at radius 1 is 0.929 bits per heavy atom. The molecule has 0 unspecified atom stereocenters. The van der Waals surface area contributed by atoms with Crippen LogP contribution < -0.4 is 10.2 Å². The molecule has 1 aromatic heterocycles. The molecule has 0 atom stereocenters. The smallest absolute Gasteiger partial charge is 0.244 e. The maximum absolute atomic E-state index is 5.34. The first kappa shape index (κ1) is 17.7. The number of aryl methyl sites for hydroxylation is 1. The fourth-order valence-corrected chi connectivity index (χ4v) is 3.04. The summed E-state index contributed by atoms with van der Waals surface area (Å²) in [5.41, 5.74) is 7.78. The van der Waals surface area contributed by atoms with Crippen LogP contribution in [0.3, 0.4) is 0 Å². The van der Waals surface area contributed by atoms with Crippen LogP contribution in [0.2, 0.25) is 0 Å². The lowest BCUT2D eigenvalue weighted by Crippen LogP contribution is -2.00. The second-order valence-corrected chi connectivity index (χ2v) is 6.39. The minimum Gasteiger partial charge on any atom is -0.496 e. The zero-order valence-corrected chi connectivity index (χ0v) is 15.8. The minimum absolute atomic E-state index is 0.446. The number of para-hydroxylation sites is 1. The predicted octanol–water partition coefficient (Wildman–Crippen LogP) is 5.06. The normalized spacial score (nSPS) is 11.1. The van der Waals surface area contributed by atoms with Gasteiger partial charge in [0, 0.05) is 16.5 Å². The van der Waals surface area contributed by atoms with E-state index in [1.165, 1.54) is 5.56 Å². The summed E-state index contributed by atoms with van der Waals surface area (Å²) in [6, 6.07) is 24.0. The highest BCUT2D eigenvalue weighted by Gasteiger charge is 2.10. The molecule has 5 heteroatoms. The Morgan fingerprint density at radius 3 is 2.54 bits per heavy atom. The van der Waals surface area contributed by atoms with Gasteiger partial charge in [0.25, 0.3) is 0 Å². The topological polar surface area (TPSA) is 59.4 Å². The lowest BCUT2D eigenvalue weighted by atomic mass is 10.0. The maximum atomic E-state index is 5.34. The molecule has 3 aromatic carbocycles. The Morgan fingerprint density at radius 2 is 1.71 bits per heavy atom. The van der Waals surface area contributed by atoms with Crippen LogP contribution >= 0.6 is 0 Å². The van der Waals surface area contributed by atoms with Crippen molar-refractivity contribution < 1.29 is 4.74 Å². The molecule has 0 aliphatic carbocycles. The number of anilines is 1. The second kappa shape index (κ2) is 7.88. The van der Waals surface area contributed by atoms with E-state index in [1.54, 1.807) is 13.3 Å². The summed E-state index contributed by atoms with van der Waals surface area (Å²) in [5.74, 6) is 1.20. The number of benzene rings is 3. The lowest BCUT2D eigenvalue weighted by Gasteiger charge is -2.09. The predicted molar refractivity (Wildman–Crippen MR) is 114 cm³/mol. The molecule has 0 aliphatic heterocycles. The quantitative estimate of drug-likeness (QED) is 0.395. The van der Waals surface area contributed by atoms with Crippen LogP contribution in [0.4, 0.5) is 5.95 Å². The van der Waals surface area contributed by atoms with Gasteiger partial charge in [0.05, 0.1) is 24.5 Å². The zero-order valence-electron chi connectivity index (χ0n) is 15.8. The van der Waals surface area contributed by atoms with Crippen molar-refractivity contribution >= 4 is 23.1 Å². The molecule has 0 amide bonds. The molecule has 4 aromatic rings. The fourth-order valence-electron chi connectivity index (χ4n) is 3.04. The van der Waals surface area contributed by atoms with Gasteiger partial charge >= 0.3 is 0 Å². The van der Waals surface area contributed by atoms with Crippen LogP contribution in [0, 0.1) is 6.92 Å². The Hall–Kier alpha value is -3.73. The molecule has 0 saturated carbocycles. The van der Waals surface area contributed by atoms with Gasteiger partial charge in [-0.25, -0.2) is 15.4 Å². The standard InChI is InChI=1S/C23H20N4O/c1-16-12-13-20-19(14-16)22(17-8-4-3-5-9-17)26-23(25-20)27-24-15-18-10-6-7-11-21(18)28-2/h3-15H,1-2H3,(H,25,26,27)/b24-15+. The number of nitrogens with zero attached hydrogens (tertiary/aromatic N) is 3. The van der Waals surface area contributed by atoms with E-state index in [1.807, 2.05) is 66.7 Å². The number of hydrazone groups is 1. The van der Waals surface area contributed by atoms with Gasteiger partial charge in [-0.3, -0.25) is 0 Å². The first-order valence-electron chi connectivity index (χ1n) is 9.00. The van der Waals surface area contributed by atoms with Crippen molar-refractivity contribution in [1.82, 2.24) is 9.97 Å². The fraction of sp³-hybridized carbons (Fsp3) is 0.0870. The second-order valence-electron chi connectivity index (χ2n) is 6.39. The third-order valence-electron chi connectivity index (χ3n) is 4.41. The number of methoxy groups -OCH3 is 1. The van der Waals surface area contributed by atoms with Gasteiger partial charge in [-0.15, -0.1) is 0 Å². The number of hydrogen-bond acceptors (Lipinski definition) is 5. The van der Waals surface area contributed by atoms with Crippen molar-refractivity contribution in [1.29, 1.82) is 0 Å². The van der Waals surface area contributed by atoms with E-state index in [0.29, 0.717) is 5.95 Å². The van der Waals surface area contributed by atoms with Gasteiger partial charge in [0.15, 0.2) is 0 Å². The van der Waals surface area contributed by atoms with Crippen molar-refractivity contribution in [2.75, 3.05) is 12.5 Å². The summed E-state index contributed by atoms with van der Waals surface area (Å²) < 4.78 is 5.34. The van der Waals surface area contributed by atoms with Crippen LogP contribution in [0.15, 0.2) is 77.9 Å². The number of aromatic nitrogens is 2. The Balaban J connectivity index is 1.72. The van der Waals surface area contributed by atoms with Crippen LogP contribution in [0.5, 0.6) is 5.75 Å². The zero-order chi connectivity index (χ0) is 19.3. The molecule has 1 heterocycles. The monoisotopic (exact) mass is 368 g/mol. The first-order chi connectivity index (χ1) is 13.7. The number of rotatable bonds is 5. The van der Waals surface area contributed by atoms with Crippen molar-refractivity contribution in [3.8, 4) is 17.0 Å². The number of nitrogens with one attached hydrogen (secondary N) is 1. The number of ether oxygens (including phenoxy) is 1. The third kappa shape index (κ3) is 3.69. The van der Waals surface area contributed by atoms with E-state index in [2.05, 4.69) is 28.5 Å². The molecule has 0 bridgehead atoms. The molecule has 0 spiro atoms. The average Bonchev–Trinajstić information content (AvgIpc) is 2.74. The van der Waals surface area contributed by atoms with Gasteiger partial charge in [0.2, 0.25) is 5.95 Å². The van der Waals surface area contributed by atoms with Crippen molar-refractivity contribution in [2.24, 2.45) is 5.10 Å². The van der Waals surface area contributed by atoms with Crippen LogP contribution in [0.25, 0.3) is 22.2 Å². The van der Waals surface area contributed by atoms with Crippen molar-refractivity contribution in [3.05, 3.63) is 83.9 Å². The summed E-state index contributed by atoms with van der Waals surface area (Å²) in [5, 5.41) is 5.32. The lowest BCUT2D eigenvalue weighted by molar-refractivity contribution is 0.414. The summed E-state index contributed by atoms with van der Waals surface area (Å²) in [6.07, 6.45) is 1.70. The molecular formula is C23H20N4O. The molecule has 0 saturated heterocycles. The van der Waals surface area contributed by atoms with Crippen LogP contribution in [-0.4, -0.2) is 23.3 Å². The average molecular weight is 368 g/mol. The number of hydrogen-bond donors (Lipinski definition) is 1. The van der Waals surface area contributed by atoms with E-state index >= 15 is 0 Å². The molecular weight excluding hydrogens is 348 g/mol. The summed E-state index contributed by atoms with van der Waals surface area (Å²) in [7, 11) is 1.64. The molecule has 0 aliphatic rings.